The number of hydrogen-bond donors (Lipinski definition) is 4. The van der Waals surface area contributed by atoms with Crippen molar-refractivity contribution < 1.29 is 0 Å². The Morgan fingerprint density at radius 1 is 1.15 bits per heavy atom. The van der Waals surface area contributed by atoms with Crippen LogP contribution in [0.5, 0.6) is 0 Å². The van der Waals surface area contributed by atoms with Crippen LogP contribution in [-0.2, 0) is 12.8 Å². The second kappa shape index (κ2) is 9.08. The number of aliphatic imine (C=N–C) groups is 1. The number of nitrogens with one attached hydrogen (secondary N) is 4. The van der Waals surface area contributed by atoms with Crippen molar-refractivity contribution in [2.45, 2.75) is 33.1 Å². The fraction of sp³-hybridized carbons (Fsp3) is 0.400. The molecule has 0 amide bonds. The van der Waals surface area contributed by atoms with Crippen LogP contribution in [0.2, 0.25) is 0 Å². The highest BCUT2D eigenvalue weighted by Crippen LogP contribution is 2.17. The minimum Gasteiger partial charge on any atom is -0.361 e. The van der Waals surface area contributed by atoms with Gasteiger partial charge in [0, 0.05) is 42.4 Å². The third-order valence-electron chi connectivity index (χ3n) is 4.51. The van der Waals surface area contributed by atoms with Crippen molar-refractivity contribution in [3.05, 3.63) is 53.5 Å². The van der Waals surface area contributed by atoms with Crippen molar-refractivity contribution in [3.8, 4) is 0 Å². The molecule has 2 aromatic heterocycles. The summed E-state index contributed by atoms with van der Waals surface area (Å²) in [6.07, 6.45) is 6.98. The van der Waals surface area contributed by atoms with Crippen LogP contribution in [0.25, 0.3) is 10.9 Å². The van der Waals surface area contributed by atoms with Crippen molar-refractivity contribution >= 4 is 16.9 Å². The highest BCUT2D eigenvalue weighted by atomic mass is 15.2. The Bertz CT molecular complexity index is 845. The first-order chi connectivity index (χ1) is 12.8. The summed E-state index contributed by atoms with van der Waals surface area (Å²) >= 11 is 0. The lowest BCUT2D eigenvalue weighted by Crippen LogP contribution is -2.38. The van der Waals surface area contributed by atoms with E-state index in [0.29, 0.717) is 0 Å². The molecule has 138 valence electrons. The molecule has 0 spiro atoms. The van der Waals surface area contributed by atoms with Gasteiger partial charge in [0.05, 0.1) is 6.20 Å². The minimum atomic E-state index is 0.799. The Morgan fingerprint density at radius 3 is 2.85 bits per heavy atom. The molecule has 0 unspecified atom stereocenters. The molecule has 0 atom stereocenters. The highest BCUT2D eigenvalue weighted by molar-refractivity contribution is 5.83. The predicted molar refractivity (Wildman–Crippen MR) is 108 cm³/mol. The standard InChI is InChI=1S/C20H28N6/c1-3-21-20(22-11-6-7-16-14-25-26-15(16)2)23-12-10-17-13-24-19-9-5-4-8-18(17)19/h4-5,8-9,13-14,24H,3,6-7,10-12H2,1-2H3,(H,25,26)(H2,21,22,23). The van der Waals surface area contributed by atoms with E-state index in [1.807, 2.05) is 6.20 Å². The number of aryl methyl sites for hydroxylation is 2. The van der Waals surface area contributed by atoms with Gasteiger partial charge in [-0.25, -0.2) is 0 Å². The van der Waals surface area contributed by atoms with Gasteiger partial charge in [0.2, 0.25) is 0 Å². The summed E-state index contributed by atoms with van der Waals surface area (Å²) in [5.74, 6) is 0.885. The number of fused-ring (bicyclic) bond motifs is 1. The first kappa shape index (κ1) is 18.0. The van der Waals surface area contributed by atoms with Gasteiger partial charge in [-0.3, -0.25) is 10.1 Å². The van der Waals surface area contributed by atoms with E-state index in [4.69, 9.17) is 0 Å². The van der Waals surface area contributed by atoms with Gasteiger partial charge >= 0.3 is 0 Å². The molecular weight excluding hydrogens is 324 g/mol. The van der Waals surface area contributed by atoms with Gasteiger partial charge in [-0.1, -0.05) is 18.2 Å². The van der Waals surface area contributed by atoms with E-state index in [-0.39, 0.29) is 0 Å². The Morgan fingerprint density at radius 2 is 2.04 bits per heavy atom. The van der Waals surface area contributed by atoms with Crippen LogP contribution in [0.4, 0.5) is 0 Å². The van der Waals surface area contributed by atoms with Gasteiger partial charge in [0.1, 0.15) is 0 Å². The Labute approximate surface area is 154 Å². The van der Waals surface area contributed by atoms with Gasteiger partial charge < -0.3 is 15.6 Å². The number of nitrogens with zero attached hydrogens (tertiary/aromatic N) is 2. The number of H-pyrrole nitrogens is 2. The van der Waals surface area contributed by atoms with Crippen LogP contribution in [-0.4, -0.2) is 40.8 Å². The number of rotatable bonds is 8. The Hall–Kier alpha value is -2.76. The maximum atomic E-state index is 4.68. The molecule has 0 bridgehead atoms. The number of benzene rings is 1. The zero-order valence-corrected chi connectivity index (χ0v) is 15.6. The van der Waals surface area contributed by atoms with Gasteiger partial charge in [0.25, 0.3) is 0 Å². The third kappa shape index (κ3) is 4.65. The molecule has 6 heteroatoms. The monoisotopic (exact) mass is 352 g/mol. The van der Waals surface area contributed by atoms with Gasteiger partial charge in [-0.2, -0.15) is 5.10 Å². The summed E-state index contributed by atoms with van der Waals surface area (Å²) in [7, 11) is 0. The van der Waals surface area contributed by atoms with E-state index >= 15 is 0 Å². The van der Waals surface area contributed by atoms with E-state index in [0.717, 1.165) is 50.6 Å². The van der Waals surface area contributed by atoms with E-state index < -0.39 is 0 Å². The minimum absolute atomic E-state index is 0.799. The molecule has 26 heavy (non-hydrogen) atoms. The van der Waals surface area contributed by atoms with Gasteiger partial charge in [-0.15, -0.1) is 0 Å². The first-order valence-electron chi connectivity index (χ1n) is 9.34. The smallest absolute Gasteiger partial charge is 0.191 e. The topological polar surface area (TPSA) is 80.9 Å². The van der Waals surface area contributed by atoms with Crippen LogP contribution >= 0.6 is 0 Å². The quantitative estimate of drug-likeness (QED) is 0.286. The number of guanidine groups is 1. The number of aromatic amines is 2. The van der Waals surface area contributed by atoms with E-state index in [2.05, 4.69) is 75.1 Å². The van der Waals surface area contributed by atoms with Crippen LogP contribution in [0.3, 0.4) is 0 Å². The molecule has 0 saturated heterocycles. The Balaban J connectivity index is 1.47. The number of hydrogen-bond acceptors (Lipinski definition) is 2. The zero-order valence-electron chi connectivity index (χ0n) is 15.6. The maximum absolute atomic E-state index is 4.68. The van der Waals surface area contributed by atoms with Crippen molar-refractivity contribution in [1.29, 1.82) is 0 Å². The zero-order chi connectivity index (χ0) is 18.2. The average molecular weight is 352 g/mol. The van der Waals surface area contributed by atoms with Crippen LogP contribution in [0, 0.1) is 6.92 Å². The second-order valence-electron chi connectivity index (χ2n) is 6.42. The number of para-hydroxylation sites is 1. The normalized spacial score (nSPS) is 11.8. The molecule has 3 rings (SSSR count). The molecule has 6 nitrogen and oxygen atoms in total. The van der Waals surface area contributed by atoms with Crippen molar-refractivity contribution in [2.24, 2.45) is 4.99 Å². The lowest BCUT2D eigenvalue weighted by molar-refractivity contribution is 0.777. The largest absolute Gasteiger partial charge is 0.361 e. The summed E-state index contributed by atoms with van der Waals surface area (Å²) in [4.78, 5) is 8.01. The Kier molecular flexibility index (Phi) is 6.30. The second-order valence-corrected chi connectivity index (χ2v) is 6.42. The average Bonchev–Trinajstić information content (AvgIpc) is 3.25. The number of aromatic nitrogens is 3. The van der Waals surface area contributed by atoms with Crippen LogP contribution in [0.1, 0.15) is 30.2 Å². The molecule has 0 aliphatic heterocycles. The molecule has 0 aliphatic rings. The molecule has 0 radical (unpaired) electrons. The maximum Gasteiger partial charge on any atom is 0.191 e. The molecule has 2 heterocycles. The lowest BCUT2D eigenvalue weighted by atomic mass is 10.1. The van der Waals surface area contributed by atoms with Crippen molar-refractivity contribution in [2.75, 3.05) is 19.6 Å². The van der Waals surface area contributed by atoms with Crippen molar-refractivity contribution in [3.63, 3.8) is 0 Å². The molecule has 0 fully saturated rings. The lowest BCUT2D eigenvalue weighted by Gasteiger charge is -2.11. The predicted octanol–water partition coefficient (Wildman–Crippen LogP) is 2.93. The van der Waals surface area contributed by atoms with E-state index in [1.54, 1.807) is 0 Å². The van der Waals surface area contributed by atoms with Gasteiger partial charge in [0.15, 0.2) is 5.96 Å². The summed E-state index contributed by atoms with van der Waals surface area (Å²) in [5.41, 5.74) is 4.95. The molecule has 1 aromatic carbocycles. The van der Waals surface area contributed by atoms with Crippen LogP contribution < -0.4 is 10.6 Å². The van der Waals surface area contributed by atoms with Crippen molar-refractivity contribution in [1.82, 2.24) is 25.8 Å². The van der Waals surface area contributed by atoms with E-state index in [9.17, 15) is 0 Å². The molecular formula is C20H28N6. The highest BCUT2D eigenvalue weighted by Gasteiger charge is 2.04. The fourth-order valence-electron chi connectivity index (χ4n) is 3.08. The van der Waals surface area contributed by atoms with E-state index in [1.165, 1.54) is 22.0 Å². The summed E-state index contributed by atoms with van der Waals surface area (Å²) in [6.45, 7) is 6.66. The van der Waals surface area contributed by atoms with Gasteiger partial charge in [-0.05, 0) is 50.3 Å². The summed E-state index contributed by atoms with van der Waals surface area (Å²) in [5, 5.41) is 15.1. The summed E-state index contributed by atoms with van der Waals surface area (Å²) in [6, 6.07) is 8.42. The third-order valence-corrected chi connectivity index (χ3v) is 4.51. The molecule has 4 N–H and O–H groups in total. The first-order valence-corrected chi connectivity index (χ1v) is 9.34. The molecule has 3 aromatic rings. The SMILES string of the molecule is CCNC(=NCCCc1cn[nH]c1C)NCCc1c[nH]c2ccccc12. The fourth-order valence-corrected chi connectivity index (χ4v) is 3.08. The van der Waals surface area contributed by atoms with Crippen LogP contribution in [0.15, 0.2) is 41.7 Å². The molecule has 0 aliphatic carbocycles. The summed E-state index contributed by atoms with van der Waals surface area (Å²) < 4.78 is 0. The molecule has 0 saturated carbocycles.